The van der Waals surface area contributed by atoms with E-state index in [4.69, 9.17) is 0 Å². The van der Waals surface area contributed by atoms with E-state index in [-0.39, 0.29) is 23.9 Å². The van der Waals surface area contributed by atoms with E-state index in [1.807, 2.05) is 0 Å². The van der Waals surface area contributed by atoms with Gasteiger partial charge < -0.3 is 0 Å². The van der Waals surface area contributed by atoms with Crippen LogP contribution >= 0.6 is 0 Å². The number of carbonyl (C=O) groups excluding carboxylic acids is 2. The summed E-state index contributed by atoms with van der Waals surface area (Å²) in [6, 6.07) is 8.29. The molecule has 1 aromatic heterocycles. The predicted octanol–water partition coefficient (Wildman–Crippen LogP) is 1.55. The Morgan fingerprint density at radius 1 is 0.957 bits per heavy atom. The van der Waals surface area contributed by atoms with Gasteiger partial charge in [-0.3, -0.25) is 23.9 Å². The second kappa shape index (κ2) is 5.79. The van der Waals surface area contributed by atoms with Gasteiger partial charge in [0, 0.05) is 24.8 Å². The summed E-state index contributed by atoms with van der Waals surface area (Å²) >= 11 is 0. The molecule has 0 aliphatic carbocycles. The van der Waals surface area contributed by atoms with Crippen molar-refractivity contribution in [2.75, 3.05) is 6.54 Å². The molecule has 118 valence electrons. The van der Waals surface area contributed by atoms with Gasteiger partial charge in [-0.25, -0.2) is 4.98 Å². The molecular formula is C17H17N3O3. The fourth-order valence-electron chi connectivity index (χ4n) is 2.87. The first kappa shape index (κ1) is 15.1. The smallest absolute Gasteiger partial charge is 0.261 e. The van der Waals surface area contributed by atoms with Gasteiger partial charge in [-0.05, 0) is 32.4 Å². The summed E-state index contributed by atoms with van der Waals surface area (Å²) in [5, 5.41) is 0. The summed E-state index contributed by atoms with van der Waals surface area (Å²) in [6.45, 7) is 4.26. The summed E-state index contributed by atoms with van der Waals surface area (Å²) < 4.78 is 1.56. The van der Waals surface area contributed by atoms with Gasteiger partial charge in [0.2, 0.25) is 0 Å². The van der Waals surface area contributed by atoms with Gasteiger partial charge in [0.1, 0.15) is 5.82 Å². The normalized spacial score (nSPS) is 13.6. The minimum Gasteiger partial charge on any atom is -0.297 e. The molecule has 0 N–H and O–H groups in total. The first-order valence-corrected chi connectivity index (χ1v) is 7.49. The molecule has 0 fully saturated rings. The number of aromatic nitrogens is 2. The average Bonchev–Trinajstić information content (AvgIpc) is 2.75. The Hall–Kier alpha value is -2.76. The number of nitrogens with zero attached hydrogens (tertiary/aromatic N) is 3. The van der Waals surface area contributed by atoms with Crippen LogP contribution in [0, 0.1) is 13.8 Å². The highest BCUT2D eigenvalue weighted by Crippen LogP contribution is 2.22. The fraction of sp³-hybridized carbons (Fsp3) is 0.294. The van der Waals surface area contributed by atoms with Crippen molar-refractivity contribution in [2.45, 2.75) is 26.8 Å². The van der Waals surface area contributed by atoms with Crippen molar-refractivity contribution in [1.82, 2.24) is 14.5 Å². The van der Waals surface area contributed by atoms with Crippen molar-refractivity contribution in [3.05, 3.63) is 63.3 Å². The molecule has 1 aliphatic rings. The third-order valence-corrected chi connectivity index (χ3v) is 3.97. The summed E-state index contributed by atoms with van der Waals surface area (Å²) in [5.74, 6) is 0.103. The van der Waals surface area contributed by atoms with Crippen LogP contribution < -0.4 is 5.56 Å². The van der Waals surface area contributed by atoms with E-state index in [9.17, 15) is 14.4 Å². The largest absolute Gasteiger partial charge is 0.297 e. The lowest BCUT2D eigenvalue weighted by Gasteiger charge is -2.15. The first-order chi connectivity index (χ1) is 11.0. The molecule has 6 nitrogen and oxygen atoms in total. The molecule has 2 aromatic rings. The number of hydrogen-bond donors (Lipinski definition) is 0. The SMILES string of the molecule is Cc1cc(=O)n(CCCN2C(=O)c3ccccc3C2=O)c(C)n1. The van der Waals surface area contributed by atoms with Gasteiger partial charge in [-0.2, -0.15) is 0 Å². The molecule has 2 amide bonds. The maximum absolute atomic E-state index is 12.3. The lowest BCUT2D eigenvalue weighted by atomic mass is 10.1. The van der Waals surface area contributed by atoms with Crippen molar-refractivity contribution in [2.24, 2.45) is 0 Å². The lowest BCUT2D eigenvalue weighted by Crippen LogP contribution is -2.32. The van der Waals surface area contributed by atoms with Crippen molar-refractivity contribution in [3.8, 4) is 0 Å². The molecule has 1 aromatic carbocycles. The van der Waals surface area contributed by atoms with Crippen molar-refractivity contribution in [1.29, 1.82) is 0 Å². The number of amides is 2. The fourth-order valence-corrected chi connectivity index (χ4v) is 2.87. The third-order valence-electron chi connectivity index (χ3n) is 3.97. The molecule has 0 atom stereocenters. The van der Waals surface area contributed by atoms with E-state index in [1.54, 1.807) is 42.7 Å². The lowest BCUT2D eigenvalue weighted by molar-refractivity contribution is 0.0650. The zero-order valence-electron chi connectivity index (χ0n) is 13.1. The van der Waals surface area contributed by atoms with Gasteiger partial charge in [-0.15, -0.1) is 0 Å². The average molecular weight is 311 g/mol. The van der Waals surface area contributed by atoms with Gasteiger partial charge in [0.05, 0.1) is 11.1 Å². The van der Waals surface area contributed by atoms with Crippen molar-refractivity contribution >= 4 is 11.8 Å². The summed E-state index contributed by atoms with van der Waals surface area (Å²) in [5.41, 5.74) is 1.46. The Kier molecular flexibility index (Phi) is 3.82. The van der Waals surface area contributed by atoms with Gasteiger partial charge in [0.25, 0.3) is 17.4 Å². The highest BCUT2D eigenvalue weighted by atomic mass is 16.2. The molecule has 0 spiro atoms. The topological polar surface area (TPSA) is 72.3 Å². The molecule has 0 unspecified atom stereocenters. The van der Waals surface area contributed by atoms with E-state index in [0.29, 0.717) is 35.6 Å². The number of hydrogen-bond acceptors (Lipinski definition) is 4. The van der Waals surface area contributed by atoms with Crippen LogP contribution in [0.2, 0.25) is 0 Å². The number of carbonyl (C=O) groups is 2. The maximum atomic E-state index is 12.3. The molecular weight excluding hydrogens is 294 g/mol. The number of imide groups is 1. The van der Waals surface area contributed by atoms with Crippen LogP contribution in [0.25, 0.3) is 0 Å². The van der Waals surface area contributed by atoms with E-state index in [0.717, 1.165) is 0 Å². The van der Waals surface area contributed by atoms with Gasteiger partial charge in [-0.1, -0.05) is 12.1 Å². The van der Waals surface area contributed by atoms with Gasteiger partial charge in [0.15, 0.2) is 0 Å². The zero-order valence-corrected chi connectivity index (χ0v) is 13.1. The Balaban J connectivity index is 1.70. The van der Waals surface area contributed by atoms with Crippen molar-refractivity contribution in [3.63, 3.8) is 0 Å². The third kappa shape index (κ3) is 2.67. The van der Waals surface area contributed by atoms with E-state index in [1.165, 1.54) is 11.0 Å². The number of aryl methyl sites for hydroxylation is 2. The standard InChI is InChI=1S/C17H17N3O3/c1-11-10-15(21)19(12(2)18-11)8-5-9-20-16(22)13-6-3-4-7-14(13)17(20)23/h3-4,6-7,10H,5,8-9H2,1-2H3. The molecule has 0 saturated carbocycles. The number of benzene rings is 1. The van der Waals surface area contributed by atoms with Gasteiger partial charge >= 0.3 is 0 Å². The molecule has 0 saturated heterocycles. The molecule has 0 radical (unpaired) electrons. The Morgan fingerprint density at radius 2 is 1.57 bits per heavy atom. The zero-order chi connectivity index (χ0) is 16.6. The first-order valence-electron chi connectivity index (χ1n) is 7.49. The molecule has 0 bridgehead atoms. The molecule has 6 heteroatoms. The van der Waals surface area contributed by atoms with Crippen LogP contribution in [-0.2, 0) is 6.54 Å². The maximum Gasteiger partial charge on any atom is 0.261 e. The Morgan fingerprint density at radius 3 is 2.13 bits per heavy atom. The van der Waals surface area contributed by atoms with Crippen LogP contribution in [0.4, 0.5) is 0 Å². The molecule has 23 heavy (non-hydrogen) atoms. The van der Waals surface area contributed by atoms with Crippen LogP contribution in [-0.4, -0.2) is 32.8 Å². The predicted molar refractivity (Wildman–Crippen MR) is 84.4 cm³/mol. The van der Waals surface area contributed by atoms with E-state index >= 15 is 0 Å². The van der Waals surface area contributed by atoms with E-state index in [2.05, 4.69) is 4.98 Å². The number of rotatable bonds is 4. The van der Waals surface area contributed by atoms with Crippen LogP contribution in [0.1, 0.15) is 38.7 Å². The van der Waals surface area contributed by atoms with E-state index < -0.39 is 0 Å². The highest BCUT2D eigenvalue weighted by molar-refractivity contribution is 6.21. The summed E-state index contributed by atoms with van der Waals surface area (Å²) in [4.78, 5) is 42.0. The Labute approximate surface area is 133 Å². The number of fused-ring (bicyclic) bond motifs is 1. The monoisotopic (exact) mass is 311 g/mol. The summed E-state index contributed by atoms with van der Waals surface area (Å²) in [6.07, 6.45) is 0.511. The van der Waals surface area contributed by atoms with Crippen LogP contribution in [0.3, 0.4) is 0 Å². The molecule has 3 rings (SSSR count). The second-order valence-electron chi connectivity index (χ2n) is 5.60. The minimum atomic E-state index is -0.267. The highest BCUT2D eigenvalue weighted by Gasteiger charge is 2.34. The van der Waals surface area contributed by atoms with Crippen molar-refractivity contribution < 1.29 is 9.59 Å². The minimum absolute atomic E-state index is 0.114. The quantitative estimate of drug-likeness (QED) is 0.803. The molecule has 1 aliphatic heterocycles. The van der Waals surface area contributed by atoms with Crippen LogP contribution in [0.15, 0.2) is 35.1 Å². The second-order valence-corrected chi connectivity index (χ2v) is 5.60. The Bertz CT molecular complexity index is 819. The van der Waals surface area contributed by atoms with Crippen LogP contribution in [0.5, 0.6) is 0 Å². The summed E-state index contributed by atoms with van der Waals surface area (Å²) in [7, 11) is 0. The molecule has 2 heterocycles.